The molecule has 0 aromatic carbocycles. The van der Waals surface area contributed by atoms with Gasteiger partial charge < -0.3 is 0 Å². The largest absolute Gasteiger partial charge is 0.273 e. The van der Waals surface area contributed by atoms with Crippen molar-refractivity contribution in [2.24, 2.45) is 0 Å². The molecule has 1 heterocycles. The Hall–Kier alpha value is -0.0500. The van der Waals surface area contributed by atoms with E-state index in [1.165, 1.54) is 0 Å². The molecule has 17 heavy (non-hydrogen) atoms. The summed E-state index contributed by atoms with van der Waals surface area (Å²) in [4.78, 5) is 0. The third kappa shape index (κ3) is 3.70. The summed E-state index contributed by atoms with van der Waals surface area (Å²) in [5.74, 6) is 1.45. The van der Waals surface area contributed by atoms with Gasteiger partial charge in [0.2, 0.25) is 0 Å². The second kappa shape index (κ2) is 6.21. The second-order valence-electron chi connectivity index (χ2n) is 4.19. The van der Waals surface area contributed by atoms with Crippen LogP contribution in [0.3, 0.4) is 0 Å². The highest BCUT2D eigenvalue weighted by Gasteiger charge is 2.31. The zero-order chi connectivity index (χ0) is 12.9. The first kappa shape index (κ1) is 15.0. The van der Waals surface area contributed by atoms with Gasteiger partial charge in [-0.1, -0.05) is 0 Å². The molecule has 0 aliphatic carbocycles. The van der Waals surface area contributed by atoms with Crippen LogP contribution in [-0.4, -0.2) is 42.2 Å². The van der Waals surface area contributed by atoms with Gasteiger partial charge in [-0.3, -0.25) is 4.72 Å². The summed E-state index contributed by atoms with van der Waals surface area (Å²) in [6.45, 7) is 1.95. The summed E-state index contributed by atoms with van der Waals surface area (Å²) in [6, 6.07) is 0. The molecule has 0 bridgehead atoms. The SMILES string of the molecule is CNS(C)(C#N)CCS(S)(C#N)N1CCCC1. The molecule has 2 atom stereocenters. The topological polar surface area (TPSA) is 62.9 Å². The minimum absolute atomic E-state index is 0.715. The molecule has 0 spiro atoms. The third-order valence-electron chi connectivity index (χ3n) is 3.07. The maximum absolute atomic E-state index is 9.36. The van der Waals surface area contributed by atoms with E-state index in [1.807, 2.05) is 13.3 Å². The zero-order valence-electron chi connectivity index (χ0n) is 10.3. The van der Waals surface area contributed by atoms with Crippen LogP contribution >= 0.6 is 31.1 Å². The van der Waals surface area contributed by atoms with Gasteiger partial charge >= 0.3 is 0 Å². The molecule has 1 N–H and O–H groups in total. The Labute approximate surface area is 112 Å². The predicted molar refractivity (Wildman–Crippen MR) is 80.9 cm³/mol. The number of hydrogen-bond acceptors (Lipinski definition) is 5. The molecular formula is C10H20N4S3. The van der Waals surface area contributed by atoms with E-state index < -0.39 is 19.5 Å². The van der Waals surface area contributed by atoms with Crippen molar-refractivity contribution in [1.29, 1.82) is 10.5 Å². The van der Waals surface area contributed by atoms with Crippen LogP contribution in [0.25, 0.3) is 0 Å². The fourth-order valence-electron chi connectivity index (χ4n) is 1.70. The Kier molecular flexibility index (Phi) is 5.49. The van der Waals surface area contributed by atoms with Crippen molar-refractivity contribution < 1.29 is 0 Å². The monoisotopic (exact) mass is 292 g/mol. The van der Waals surface area contributed by atoms with Crippen molar-refractivity contribution in [3.8, 4) is 10.8 Å². The number of nitrogens with one attached hydrogen (secondary N) is 1. The molecule has 98 valence electrons. The number of hydrogen-bond donors (Lipinski definition) is 2. The first-order valence-electron chi connectivity index (χ1n) is 5.54. The molecule has 0 radical (unpaired) electrons. The Balaban J connectivity index is 2.64. The summed E-state index contributed by atoms with van der Waals surface area (Å²) in [7, 11) is -1.27. The molecule has 1 fully saturated rings. The fraction of sp³-hybridized carbons (Fsp3) is 0.800. The molecule has 1 aliphatic heterocycles. The van der Waals surface area contributed by atoms with Crippen LogP contribution in [0.15, 0.2) is 0 Å². The number of thiol groups is 1. The Morgan fingerprint density at radius 2 is 1.82 bits per heavy atom. The quantitative estimate of drug-likeness (QED) is 0.463. The van der Waals surface area contributed by atoms with Gasteiger partial charge in [-0.25, -0.2) is 4.31 Å². The molecule has 1 rings (SSSR count). The van der Waals surface area contributed by atoms with Crippen LogP contribution in [0.2, 0.25) is 0 Å². The Morgan fingerprint density at radius 1 is 1.24 bits per heavy atom. The Morgan fingerprint density at radius 3 is 2.24 bits per heavy atom. The van der Waals surface area contributed by atoms with Crippen molar-refractivity contribution in [2.75, 3.05) is 37.9 Å². The van der Waals surface area contributed by atoms with Gasteiger partial charge in [-0.15, -0.1) is 21.9 Å². The van der Waals surface area contributed by atoms with Gasteiger partial charge in [0.25, 0.3) is 0 Å². The lowest BCUT2D eigenvalue weighted by Gasteiger charge is -2.38. The lowest BCUT2D eigenvalue weighted by molar-refractivity contribution is 0.580. The molecule has 0 saturated carbocycles. The molecular weight excluding hydrogens is 272 g/mol. The van der Waals surface area contributed by atoms with Crippen LogP contribution in [0.5, 0.6) is 0 Å². The van der Waals surface area contributed by atoms with Gasteiger partial charge in [-0.05, 0) is 35.4 Å². The van der Waals surface area contributed by atoms with Crippen LogP contribution in [-0.2, 0) is 0 Å². The summed E-state index contributed by atoms with van der Waals surface area (Å²) >= 11 is 4.63. The summed E-state index contributed by atoms with van der Waals surface area (Å²) in [6.07, 6.45) is 4.26. The molecule has 0 amide bonds. The van der Waals surface area contributed by atoms with Gasteiger partial charge in [0.15, 0.2) is 0 Å². The van der Waals surface area contributed by atoms with Crippen molar-refractivity contribution in [3.63, 3.8) is 0 Å². The number of thiocyanates is 2. The predicted octanol–water partition coefficient (Wildman–Crippen LogP) is 2.18. The van der Waals surface area contributed by atoms with Crippen LogP contribution < -0.4 is 4.72 Å². The van der Waals surface area contributed by atoms with Crippen molar-refractivity contribution >= 4 is 31.1 Å². The standard InChI is InChI=1S/C10H20N4S3/c1-13-16(2,9-11)7-8-17(15,10-12)14-5-3-4-6-14/h13,15H,3-8H2,1-2H3. The summed E-state index contributed by atoms with van der Waals surface area (Å²) in [5, 5.41) is 23.2. The average Bonchev–Trinajstić information content (AvgIpc) is 2.90. The highest BCUT2D eigenvalue weighted by Crippen LogP contribution is 2.58. The maximum atomic E-state index is 9.36. The van der Waals surface area contributed by atoms with Crippen molar-refractivity contribution in [3.05, 3.63) is 0 Å². The highest BCUT2D eigenvalue weighted by atomic mass is 33.1. The van der Waals surface area contributed by atoms with Crippen molar-refractivity contribution in [1.82, 2.24) is 9.03 Å². The normalized spacial score (nSPS) is 27.1. The molecule has 0 aromatic rings. The Bertz CT molecular complexity index is 344. The van der Waals surface area contributed by atoms with E-state index >= 15 is 0 Å². The molecule has 2 unspecified atom stereocenters. The molecule has 0 aromatic heterocycles. The highest BCUT2D eigenvalue weighted by molar-refractivity contribution is 8.89. The maximum Gasteiger partial charge on any atom is 0.136 e. The zero-order valence-corrected chi connectivity index (χ0v) is 12.9. The van der Waals surface area contributed by atoms with Gasteiger partial charge in [-0.2, -0.15) is 10.5 Å². The lowest BCUT2D eigenvalue weighted by atomic mass is 10.4. The first-order valence-corrected chi connectivity index (χ1v) is 10.6. The summed E-state index contributed by atoms with van der Waals surface area (Å²) in [5.41, 5.74) is 0. The van der Waals surface area contributed by atoms with E-state index in [2.05, 4.69) is 31.5 Å². The summed E-state index contributed by atoms with van der Waals surface area (Å²) < 4.78 is 5.30. The van der Waals surface area contributed by atoms with Gasteiger partial charge in [0.05, 0.1) is 0 Å². The molecule has 1 aliphatic rings. The van der Waals surface area contributed by atoms with E-state index in [0.29, 0.717) is 5.75 Å². The minimum Gasteiger partial charge on any atom is -0.273 e. The number of rotatable bonds is 5. The second-order valence-corrected chi connectivity index (χ2v) is 11.6. The lowest BCUT2D eigenvalue weighted by Crippen LogP contribution is -2.26. The third-order valence-corrected chi connectivity index (χ3v) is 9.42. The first-order chi connectivity index (χ1) is 7.99. The minimum atomic E-state index is -1.65. The number of nitrogens with zero attached hydrogens (tertiary/aromatic N) is 3. The molecule has 7 heteroatoms. The van der Waals surface area contributed by atoms with Crippen LogP contribution in [0.4, 0.5) is 0 Å². The van der Waals surface area contributed by atoms with E-state index in [1.54, 1.807) is 0 Å². The molecule has 4 nitrogen and oxygen atoms in total. The molecule has 1 saturated heterocycles. The van der Waals surface area contributed by atoms with E-state index in [9.17, 15) is 5.26 Å². The fourth-order valence-corrected chi connectivity index (χ4v) is 6.84. The van der Waals surface area contributed by atoms with Crippen molar-refractivity contribution in [2.45, 2.75) is 12.8 Å². The van der Waals surface area contributed by atoms with Crippen LogP contribution in [0.1, 0.15) is 12.8 Å². The van der Waals surface area contributed by atoms with E-state index in [0.717, 1.165) is 31.7 Å². The van der Waals surface area contributed by atoms with Gasteiger partial charge in [0, 0.05) is 24.6 Å². The van der Waals surface area contributed by atoms with Crippen LogP contribution in [0, 0.1) is 21.3 Å². The smallest absolute Gasteiger partial charge is 0.136 e. The number of nitriles is 2. The van der Waals surface area contributed by atoms with Gasteiger partial charge in [0.1, 0.15) is 10.8 Å². The average molecular weight is 292 g/mol. The van der Waals surface area contributed by atoms with E-state index in [-0.39, 0.29) is 0 Å². The van der Waals surface area contributed by atoms with E-state index in [4.69, 9.17) is 5.26 Å².